The molecule has 0 aromatic heterocycles. The Hall–Kier alpha value is -0.240. The maximum absolute atomic E-state index is 11.4. The van der Waals surface area contributed by atoms with Crippen LogP contribution in [0, 0.1) is 5.92 Å². The summed E-state index contributed by atoms with van der Waals surface area (Å²) >= 11 is 5.60. The third-order valence-electron chi connectivity index (χ3n) is 2.59. The molecule has 1 unspecified atom stereocenters. The number of carbonyl (C=O) groups excluding carboxylic acids is 1. The number of halogens is 1. The van der Waals surface area contributed by atoms with Gasteiger partial charge in [0, 0.05) is 18.3 Å². The van der Waals surface area contributed by atoms with E-state index in [0.717, 1.165) is 0 Å². The average Bonchev–Trinajstić information content (AvgIpc) is 2.56. The van der Waals surface area contributed by atoms with E-state index in [1.165, 1.54) is 25.7 Å². The zero-order valence-electron chi connectivity index (χ0n) is 8.18. The molecule has 0 aromatic rings. The van der Waals surface area contributed by atoms with Crippen molar-refractivity contribution in [3.63, 3.8) is 0 Å². The van der Waals surface area contributed by atoms with Crippen LogP contribution in [0.2, 0.25) is 0 Å². The molecule has 0 spiro atoms. The van der Waals surface area contributed by atoms with Crippen molar-refractivity contribution in [2.45, 2.75) is 45.1 Å². The molecule has 1 aliphatic carbocycles. The highest BCUT2D eigenvalue weighted by molar-refractivity contribution is 6.18. The summed E-state index contributed by atoms with van der Waals surface area (Å²) in [6.45, 7) is 1.93. The molecule has 1 rings (SSSR count). The van der Waals surface area contributed by atoms with E-state index in [1.807, 2.05) is 6.92 Å². The summed E-state index contributed by atoms with van der Waals surface area (Å²) in [4.78, 5) is 11.4. The summed E-state index contributed by atoms with van der Waals surface area (Å²) in [5.74, 6) is 1.29. The first-order valence-electron chi connectivity index (χ1n) is 5.07. The maximum atomic E-state index is 11.4. The Morgan fingerprint density at radius 3 is 2.69 bits per heavy atom. The fraction of sp³-hybridized carbons (Fsp3) is 0.900. The molecular weight excluding hydrogens is 186 g/mol. The van der Waals surface area contributed by atoms with Crippen molar-refractivity contribution in [2.75, 3.05) is 5.88 Å². The average molecular weight is 204 g/mol. The molecule has 0 bridgehead atoms. The van der Waals surface area contributed by atoms with Gasteiger partial charge >= 0.3 is 0 Å². The van der Waals surface area contributed by atoms with Gasteiger partial charge in [0.1, 0.15) is 0 Å². The van der Waals surface area contributed by atoms with E-state index in [-0.39, 0.29) is 11.9 Å². The molecule has 3 heteroatoms. The van der Waals surface area contributed by atoms with Gasteiger partial charge in [0.05, 0.1) is 0 Å². The van der Waals surface area contributed by atoms with Gasteiger partial charge < -0.3 is 5.32 Å². The molecule has 2 nitrogen and oxygen atoms in total. The highest BCUT2D eigenvalue weighted by Crippen LogP contribution is 2.27. The maximum Gasteiger partial charge on any atom is 0.220 e. The van der Waals surface area contributed by atoms with E-state index < -0.39 is 0 Å². The van der Waals surface area contributed by atoms with Crippen LogP contribution in [0.15, 0.2) is 0 Å². The molecule has 1 fully saturated rings. The molecule has 1 atom stereocenters. The first kappa shape index (κ1) is 10.8. The molecular formula is C10H18ClNO. The van der Waals surface area contributed by atoms with E-state index in [0.29, 0.717) is 18.2 Å². The lowest BCUT2D eigenvalue weighted by molar-refractivity contribution is -0.122. The molecule has 0 aromatic carbocycles. The summed E-state index contributed by atoms with van der Waals surface area (Å²) in [5.41, 5.74) is 0. The van der Waals surface area contributed by atoms with Crippen molar-refractivity contribution >= 4 is 17.5 Å². The molecule has 0 radical (unpaired) electrons. The van der Waals surface area contributed by atoms with Crippen LogP contribution in [0.3, 0.4) is 0 Å². The van der Waals surface area contributed by atoms with Crippen molar-refractivity contribution in [1.29, 1.82) is 0 Å². The Balaban J connectivity index is 2.16. The summed E-state index contributed by atoms with van der Waals surface area (Å²) in [6, 6.07) is 0.107. The minimum Gasteiger partial charge on any atom is -0.352 e. The number of carbonyl (C=O) groups is 1. The number of alkyl halides is 1. The topological polar surface area (TPSA) is 29.1 Å². The largest absolute Gasteiger partial charge is 0.352 e. The van der Waals surface area contributed by atoms with Crippen LogP contribution in [0.1, 0.15) is 39.0 Å². The Morgan fingerprint density at radius 1 is 1.54 bits per heavy atom. The Kier molecular flexibility index (Phi) is 4.57. The van der Waals surface area contributed by atoms with Crippen molar-refractivity contribution in [2.24, 2.45) is 5.92 Å². The van der Waals surface area contributed by atoms with Gasteiger partial charge in [-0.15, -0.1) is 11.6 Å². The second-order valence-corrected chi connectivity index (χ2v) is 4.29. The SMILES string of the molecule is CC(CCl)NC(=O)CC1CCCC1. The lowest BCUT2D eigenvalue weighted by Gasteiger charge is -2.13. The zero-order chi connectivity index (χ0) is 9.68. The molecule has 1 amide bonds. The minimum atomic E-state index is 0.107. The van der Waals surface area contributed by atoms with Crippen LogP contribution >= 0.6 is 11.6 Å². The fourth-order valence-electron chi connectivity index (χ4n) is 1.85. The summed E-state index contributed by atoms with van der Waals surface area (Å²) < 4.78 is 0. The molecule has 0 aliphatic heterocycles. The summed E-state index contributed by atoms with van der Waals surface area (Å²) in [7, 11) is 0. The first-order valence-corrected chi connectivity index (χ1v) is 5.61. The van der Waals surface area contributed by atoms with Gasteiger partial charge in [0.15, 0.2) is 0 Å². The second-order valence-electron chi connectivity index (χ2n) is 3.98. The Labute approximate surface area is 85.0 Å². The van der Waals surface area contributed by atoms with Crippen molar-refractivity contribution in [3.8, 4) is 0 Å². The third-order valence-corrected chi connectivity index (χ3v) is 3.05. The van der Waals surface area contributed by atoms with E-state index in [4.69, 9.17) is 11.6 Å². The van der Waals surface area contributed by atoms with Gasteiger partial charge in [-0.2, -0.15) is 0 Å². The Bertz CT molecular complexity index is 166. The summed E-state index contributed by atoms with van der Waals surface area (Å²) in [5, 5.41) is 2.89. The zero-order valence-corrected chi connectivity index (χ0v) is 8.94. The highest BCUT2D eigenvalue weighted by atomic mass is 35.5. The molecule has 13 heavy (non-hydrogen) atoms. The van der Waals surface area contributed by atoms with Gasteiger partial charge in [0.25, 0.3) is 0 Å². The molecule has 1 aliphatic rings. The fourth-order valence-corrected chi connectivity index (χ4v) is 1.93. The van der Waals surface area contributed by atoms with Crippen molar-refractivity contribution in [3.05, 3.63) is 0 Å². The minimum absolute atomic E-state index is 0.107. The smallest absolute Gasteiger partial charge is 0.220 e. The van der Waals surface area contributed by atoms with Gasteiger partial charge in [-0.3, -0.25) is 4.79 Å². The highest BCUT2D eigenvalue weighted by Gasteiger charge is 2.18. The predicted molar refractivity (Wildman–Crippen MR) is 54.9 cm³/mol. The van der Waals surface area contributed by atoms with Crippen molar-refractivity contribution < 1.29 is 4.79 Å². The van der Waals surface area contributed by atoms with E-state index in [1.54, 1.807) is 0 Å². The number of hydrogen-bond acceptors (Lipinski definition) is 1. The molecule has 1 saturated carbocycles. The van der Waals surface area contributed by atoms with Crippen LogP contribution < -0.4 is 5.32 Å². The van der Waals surface area contributed by atoms with Gasteiger partial charge in [-0.25, -0.2) is 0 Å². The third kappa shape index (κ3) is 3.99. The molecule has 0 saturated heterocycles. The normalized spacial score (nSPS) is 20.2. The van der Waals surface area contributed by atoms with Crippen LogP contribution in [-0.2, 0) is 4.79 Å². The Morgan fingerprint density at radius 2 is 2.15 bits per heavy atom. The second kappa shape index (κ2) is 5.48. The van der Waals surface area contributed by atoms with Crippen LogP contribution in [-0.4, -0.2) is 17.8 Å². The molecule has 1 N–H and O–H groups in total. The summed E-state index contributed by atoms with van der Waals surface area (Å²) in [6.07, 6.45) is 5.73. The monoisotopic (exact) mass is 203 g/mol. The number of rotatable bonds is 4. The number of nitrogens with one attached hydrogen (secondary N) is 1. The van der Waals surface area contributed by atoms with E-state index >= 15 is 0 Å². The van der Waals surface area contributed by atoms with Gasteiger partial charge in [-0.1, -0.05) is 12.8 Å². The predicted octanol–water partition coefficient (Wildman–Crippen LogP) is 2.31. The van der Waals surface area contributed by atoms with Gasteiger partial charge in [0.2, 0.25) is 5.91 Å². The number of hydrogen-bond donors (Lipinski definition) is 1. The van der Waals surface area contributed by atoms with Gasteiger partial charge in [-0.05, 0) is 25.7 Å². The standard InChI is InChI=1S/C10H18ClNO/c1-8(7-11)12-10(13)6-9-4-2-3-5-9/h8-9H,2-7H2,1H3,(H,12,13). The van der Waals surface area contributed by atoms with Crippen LogP contribution in [0.4, 0.5) is 0 Å². The number of amides is 1. The molecule has 0 heterocycles. The van der Waals surface area contributed by atoms with Crippen molar-refractivity contribution in [1.82, 2.24) is 5.32 Å². The van der Waals surface area contributed by atoms with E-state index in [9.17, 15) is 4.79 Å². The lowest BCUT2D eigenvalue weighted by atomic mass is 10.0. The quantitative estimate of drug-likeness (QED) is 0.699. The lowest BCUT2D eigenvalue weighted by Crippen LogP contribution is -2.34. The first-order chi connectivity index (χ1) is 6.22. The van der Waals surface area contributed by atoms with Crippen LogP contribution in [0.25, 0.3) is 0 Å². The van der Waals surface area contributed by atoms with Crippen LogP contribution in [0.5, 0.6) is 0 Å². The van der Waals surface area contributed by atoms with E-state index in [2.05, 4.69) is 5.32 Å². The molecule has 76 valence electrons.